The summed E-state index contributed by atoms with van der Waals surface area (Å²) in [5.41, 5.74) is 2.49. The fourth-order valence-electron chi connectivity index (χ4n) is 2.39. The molecule has 0 saturated carbocycles. The highest BCUT2D eigenvalue weighted by molar-refractivity contribution is 7.17. The van der Waals surface area contributed by atoms with Gasteiger partial charge in [0.15, 0.2) is 5.78 Å². The Labute approximate surface area is 159 Å². The van der Waals surface area contributed by atoms with Gasteiger partial charge in [-0.1, -0.05) is 23.7 Å². The van der Waals surface area contributed by atoms with E-state index in [-0.39, 0.29) is 12.2 Å². The molecule has 132 valence electrons. The van der Waals surface area contributed by atoms with Crippen molar-refractivity contribution in [1.29, 1.82) is 0 Å². The lowest BCUT2D eigenvalue weighted by molar-refractivity contribution is -0.139. The number of benzene rings is 1. The SMILES string of the molecule is COC(=O)CC(=O)c1sc(-c2ccncc2)nc1Cc1ccc(Cl)cc1. The van der Waals surface area contributed by atoms with Crippen LogP contribution in [0, 0.1) is 0 Å². The Morgan fingerprint density at radius 1 is 1.12 bits per heavy atom. The number of methoxy groups -OCH3 is 1. The second kappa shape index (κ2) is 8.21. The van der Waals surface area contributed by atoms with Crippen molar-refractivity contribution in [2.75, 3.05) is 7.11 Å². The zero-order chi connectivity index (χ0) is 18.5. The lowest BCUT2D eigenvalue weighted by atomic mass is 10.1. The molecule has 0 aliphatic carbocycles. The molecule has 3 aromatic rings. The topological polar surface area (TPSA) is 69.2 Å². The highest BCUT2D eigenvalue weighted by Gasteiger charge is 2.21. The van der Waals surface area contributed by atoms with Gasteiger partial charge in [-0.2, -0.15) is 0 Å². The van der Waals surface area contributed by atoms with Crippen molar-refractivity contribution in [3.8, 4) is 10.6 Å². The third-order valence-corrected chi connectivity index (χ3v) is 5.13. The van der Waals surface area contributed by atoms with Crippen LogP contribution in [0.4, 0.5) is 0 Å². The molecule has 1 aromatic carbocycles. The van der Waals surface area contributed by atoms with Gasteiger partial charge in [-0.05, 0) is 29.8 Å². The van der Waals surface area contributed by atoms with Gasteiger partial charge in [0.2, 0.25) is 0 Å². The number of halogens is 1. The molecule has 2 aromatic heterocycles. The molecule has 3 rings (SSSR count). The molecule has 0 unspecified atom stereocenters. The first kappa shape index (κ1) is 18.2. The second-order valence-corrected chi connectivity index (χ2v) is 6.95. The number of hydrogen-bond acceptors (Lipinski definition) is 6. The molecule has 0 amide bonds. The van der Waals surface area contributed by atoms with Crippen molar-refractivity contribution < 1.29 is 14.3 Å². The number of carbonyl (C=O) groups is 2. The summed E-state index contributed by atoms with van der Waals surface area (Å²) in [6.07, 6.45) is 3.51. The Morgan fingerprint density at radius 2 is 1.81 bits per heavy atom. The van der Waals surface area contributed by atoms with Gasteiger partial charge in [-0.25, -0.2) is 4.98 Å². The van der Waals surface area contributed by atoms with Crippen LogP contribution in [0.15, 0.2) is 48.8 Å². The Hall–Kier alpha value is -2.57. The number of pyridine rings is 1. The molecule has 0 N–H and O–H groups in total. The number of thiazole rings is 1. The largest absolute Gasteiger partial charge is 0.469 e. The maximum absolute atomic E-state index is 12.6. The predicted molar refractivity (Wildman–Crippen MR) is 101 cm³/mol. The highest BCUT2D eigenvalue weighted by atomic mass is 35.5. The third kappa shape index (κ3) is 4.33. The van der Waals surface area contributed by atoms with Crippen molar-refractivity contribution in [3.05, 3.63) is 69.9 Å². The number of carbonyl (C=O) groups excluding carboxylic acids is 2. The van der Waals surface area contributed by atoms with Gasteiger partial charge in [0.25, 0.3) is 0 Å². The molecule has 0 atom stereocenters. The van der Waals surface area contributed by atoms with E-state index in [0.29, 0.717) is 27.0 Å². The van der Waals surface area contributed by atoms with Crippen molar-refractivity contribution >= 4 is 34.7 Å². The molecule has 0 saturated heterocycles. The van der Waals surface area contributed by atoms with E-state index in [1.807, 2.05) is 24.3 Å². The normalized spacial score (nSPS) is 10.5. The van der Waals surface area contributed by atoms with Crippen LogP contribution >= 0.6 is 22.9 Å². The maximum atomic E-state index is 12.6. The van der Waals surface area contributed by atoms with Crippen LogP contribution in [0.3, 0.4) is 0 Å². The molecule has 0 radical (unpaired) electrons. The minimum Gasteiger partial charge on any atom is -0.469 e. The Balaban J connectivity index is 1.96. The van der Waals surface area contributed by atoms with Crippen LogP contribution in [0.1, 0.15) is 27.3 Å². The average molecular weight is 387 g/mol. The molecular weight excluding hydrogens is 372 g/mol. The molecule has 0 bridgehead atoms. The van der Waals surface area contributed by atoms with E-state index >= 15 is 0 Å². The molecule has 0 aliphatic heterocycles. The van der Waals surface area contributed by atoms with E-state index in [1.54, 1.807) is 24.5 Å². The Kier molecular flexibility index (Phi) is 5.75. The summed E-state index contributed by atoms with van der Waals surface area (Å²) in [5.74, 6) is -0.857. The van der Waals surface area contributed by atoms with E-state index in [0.717, 1.165) is 11.1 Å². The number of esters is 1. The van der Waals surface area contributed by atoms with Crippen molar-refractivity contribution in [2.45, 2.75) is 12.8 Å². The minimum absolute atomic E-state index is 0.293. The fourth-order valence-corrected chi connectivity index (χ4v) is 3.54. The third-order valence-electron chi connectivity index (χ3n) is 3.70. The number of hydrogen-bond donors (Lipinski definition) is 0. The first-order valence-electron chi connectivity index (χ1n) is 7.81. The summed E-state index contributed by atoms with van der Waals surface area (Å²) < 4.78 is 4.61. The van der Waals surface area contributed by atoms with Crippen LogP contribution < -0.4 is 0 Å². The molecule has 0 aliphatic rings. The first-order chi connectivity index (χ1) is 12.6. The first-order valence-corrected chi connectivity index (χ1v) is 9.01. The van der Waals surface area contributed by atoms with Gasteiger partial charge in [-0.3, -0.25) is 14.6 Å². The lowest BCUT2D eigenvalue weighted by Gasteiger charge is -2.02. The summed E-state index contributed by atoms with van der Waals surface area (Å²) in [6.45, 7) is 0. The number of nitrogens with zero attached hydrogens (tertiary/aromatic N) is 2. The van der Waals surface area contributed by atoms with Gasteiger partial charge in [-0.15, -0.1) is 11.3 Å². The smallest absolute Gasteiger partial charge is 0.313 e. The van der Waals surface area contributed by atoms with E-state index in [2.05, 4.69) is 14.7 Å². The molecule has 5 nitrogen and oxygen atoms in total. The van der Waals surface area contributed by atoms with Gasteiger partial charge >= 0.3 is 5.97 Å². The van der Waals surface area contributed by atoms with E-state index in [4.69, 9.17) is 11.6 Å². The lowest BCUT2D eigenvalue weighted by Crippen LogP contribution is -2.10. The summed E-state index contributed by atoms with van der Waals surface area (Å²) >= 11 is 7.20. The molecule has 7 heteroatoms. The van der Waals surface area contributed by atoms with Crippen LogP contribution in [0.5, 0.6) is 0 Å². The van der Waals surface area contributed by atoms with Gasteiger partial charge < -0.3 is 4.74 Å². The maximum Gasteiger partial charge on any atom is 0.313 e. The number of ketones is 1. The van der Waals surface area contributed by atoms with Crippen molar-refractivity contribution in [1.82, 2.24) is 9.97 Å². The average Bonchev–Trinajstić information content (AvgIpc) is 3.08. The number of ether oxygens (including phenoxy) is 1. The van der Waals surface area contributed by atoms with Gasteiger partial charge in [0, 0.05) is 29.4 Å². The summed E-state index contributed by atoms with van der Waals surface area (Å²) in [4.78, 5) is 33.2. The number of Topliss-reactive ketones (excluding diaryl/α,β-unsaturated/α-hetero) is 1. The zero-order valence-electron chi connectivity index (χ0n) is 13.9. The van der Waals surface area contributed by atoms with Crippen LogP contribution in [-0.4, -0.2) is 28.8 Å². The van der Waals surface area contributed by atoms with Gasteiger partial charge in [0.05, 0.1) is 17.7 Å². The summed E-state index contributed by atoms with van der Waals surface area (Å²) in [6, 6.07) is 11.0. The van der Waals surface area contributed by atoms with Crippen LogP contribution in [-0.2, 0) is 16.0 Å². The summed E-state index contributed by atoms with van der Waals surface area (Å²) in [7, 11) is 1.26. The highest BCUT2D eigenvalue weighted by Crippen LogP contribution is 2.30. The minimum atomic E-state index is -0.564. The number of aromatic nitrogens is 2. The second-order valence-electron chi connectivity index (χ2n) is 5.51. The van der Waals surface area contributed by atoms with E-state index in [1.165, 1.54) is 18.4 Å². The Bertz CT molecular complexity index is 924. The molecule has 2 heterocycles. The van der Waals surface area contributed by atoms with Crippen molar-refractivity contribution in [2.24, 2.45) is 0 Å². The van der Waals surface area contributed by atoms with Crippen LogP contribution in [0.25, 0.3) is 10.6 Å². The predicted octanol–water partition coefficient (Wildman–Crippen LogP) is 4.20. The molecule has 0 spiro atoms. The zero-order valence-corrected chi connectivity index (χ0v) is 15.5. The molecule has 26 heavy (non-hydrogen) atoms. The van der Waals surface area contributed by atoms with E-state index < -0.39 is 5.97 Å². The Morgan fingerprint density at radius 3 is 2.46 bits per heavy atom. The summed E-state index contributed by atoms with van der Waals surface area (Å²) in [5, 5.41) is 1.36. The molecular formula is C19H15ClN2O3S. The van der Waals surface area contributed by atoms with Crippen LogP contribution in [0.2, 0.25) is 5.02 Å². The fraction of sp³-hybridized carbons (Fsp3) is 0.158. The van der Waals surface area contributed by atoms with Gasteiger partial charge in [0.1, 0.15) is 11.4 Å². The van der Waals surface area contributed by atoms with E-state index in [9.17, 15) is 9.59 Å². The quantitative estimate of drug-likeness (QED) is 0.361. The monoisotopic (exact) mass is 386 g/mol. The standard InChI is InChI=1S/C19H15ClN2O3S/c1-25-17(24)11-16(23)18-15(10-12-2-4-14(20)5-3-12)22-19(26-18)13-6-8-21-9-7-13/h2-9H,10-11H2,1H3. The molecule has 0 fully saturated rings. The number of rotatable bonds is 6. The van der Waals surface area contributed by atoms with Crippen molar-refractivity contribution in [3.63, 3.8) is 0 Å².